The number of carbonyl (C=O) groups is 2. The first-order valence-electron chi connectivity index (χ1n) is 8.85. The van der Waals surface area contributed by atoms with Crippen molar-refractivity contribution in [1.82, 2.24) is 4.90 Å². The quantitative estimate of drug-likeness (QED) is 0.743. The maximum Gasteiger partial charge on any atom is 0.309 e. The van der Waals surface area contributed by atoms with Crippen LogP contribution in [0.5, 0.6) is 0 Å². The van der Waals surface area contributed by atoms with Gasteiger partial charge in [0, 0.05) is 23.7 Å². The Labute approximate surface area is 158 Å². The summed E-state index contributed by atoms with van der Waals surface area (Å²) in [5, 5.41) is 0.607. The summed E-state index contributed by atoms with van der Waals surface area (Å²) in [5.74, 6) is -0.360. The number of hydrogen-bond acceptors (Lipinski definition) is 3. The molecule has 0 bridgehead atoms. The van der Waals surface area contributed by atoms with E-state index >= 15 is 0 Å². The van der Waals surface area contributed by atoms with Crippen molar-refractivity contribution in [3.8, 4) is 0 Å². The predicted molar refractivity (Wildman–Crippen MR) is 101 cm³/mol. The van der Waals surface area contributed by atoms with Gasteiger partial charge in [-0.25, -0.2) is 0 Å². The Hall–Kier alpha value is -2.33. The lowest BCUT2D eigenvalue weighted by Crippen LogP contribution is -2.40. The van der Waals surface area contributed by atoms with Crippen LogP contribution in [-0.4, -0.2) is 29.9 Å². The fraction of sp³-hybridized carbons (Fsp3) is 0.333. The lowest BCUT2D eigenvalue weighted by molar-refractivity contribution is -0.155. The number of ether oxygens (including phenoxy) is 1. The molecular weight excluding hydrogens is 350 g/mol. The molecule has 3 rings (SSSR count). The number of carbonyl (C=O) groups excluding carboxylic acids is 2. The second kappa shape index (κ2) is 8.37. The Morgan fingerprint density at radius 3 is 2.27 bits per heavy atom. The van der Waals surface area contributed by atoms with Crippen LogP contribution < -0.4 is 0 Å². The highest BCUT2D eigenvalue weighted by Crippen LogP contribution is 2.24. The molecule has 136 valence electrons. The molecule has 0 saturated carbocycles. The van der Waals surface area contributed by atoms with E-state index in [9.17, 15) is 9.59 Å². The Kier molecular flexibility index (Phi) is 5.94. The van der Waals surface area contributed by atoms with E-state index in [1.807, 2.05) is 37.3 Å². The lowest BCUT2D eigenvalue weighted by Gasteiger charge is -2.31. The Balaban J connectivity index is 1.52. The van der Waals surface area contributed by atoms with Crippen molar-refractivity contribution in [1.29, 1.82) is 0 Å². The molecule has 0 aromatic heterocycles. The molecule has 2 aromatic rings. The molecule has 26 heavy (non-hydrogen) atoms. The Bertz CT molecular complexity index is 753. The van der Waals surface area contributed by atoms with Crippen LogP contribution in [0.1, 0.15) is 41.8 Å². The summed E-state index contributed by atoms with van der Waals surface area (Å²) < 4.78 is 5.61. The van der Waals surface area contributed by atoms with Crippen molar-refractivity contribution in [2.75, 3.05) is 13.1 Å². The van der Waals surface area contributed by atoms with Gasteiger partial charge in [0.05, 0.1) is 5.92 Å². The summed E-state index contributed by atoms with van der Waals surface area (Å²) in [6.07, 6.45) is 0.983. The van der Waals surface area contributed by atoms with Crippen molar-refractivity contribution in [2.45, 2.75) is 25.9 Å². The first kappa shape index (κ1) is 18.5. The van der Waals surface area contributed by atoms with Crippen LogP contribution in [0.15, 0.2) is 54.6 Å². The van der Waals surface area contributed by atoms with E-state index < -0.39 is 0 Å². The van der Waals surface area contributed by atoms with Gasteiger partial charge in [-0.05, 0) is 49.6 Å². The summed E-state index contributed by atoms with van der Waals surface area (Å²) in [6.45, 7) is 2.99. The number of benzene rings is 2. The predicted octanol–water partition coefficient (Wildman–Crippen LogP) is 4.50. The van der Waals surface area contributed by atoms with Crippen molar-refractivity contribution in [3.05, 3.63) is 70.7 Å². The van der Waals surface area contributed by atoms with Crippen LogP contribution in [0, 0.1) is 5.92 Å². The minimum absolute atomic E-state index is 0.0221. The number of hydrogen-bond donors (Lipinski definition) is 0. The summed E-state index contributed by atoms with van der Waals surface area (Å²) in [4.78, 5) is 26.7. The van der Waals surface area contributed by atoms with Crippen molar-refractivity contribution >= 4 is 23.5 Å². The fourth-order valence-corrected chi connectivity index (χ4v) is 3.28. The van der Waals surface area contributed by atoms with Crippen LogP contribution in [0.2, 0.25) is 5.02 Å². The Morgan fingerprint density at radius 1 is 1.04 bits per heavy atom. The van der Waals surface area contributed by atoms with Gasteiger partial charge >= 0.3 is 5.97 Å². The molecule has 1 aliphatic heterocycles. The second-order valence-electron chi connectivity index (χ2n) is 6.56. The Morgan fingerprint density at radius 2 is 1.65 bits per heavy atom. The van der Waals surface area contributed by atoms with Crippen LogP contribution in [0.3, 0.4) is 0 Å². The molecular formula is C21H22ClNO3. The van der Waals surface area contributed by atoms with Gasteiger partial charge in [0.15, 0.2) is 0 Å². The van der Waals surface area contributed by atoms with Crippen molar-refractivity contribution < 1.29 is 14.3 Å². The fourth-order valence-electron chi connectivity index (χ4n) is 3.16. The summed E-state index contributed by atoms with van der Waals surface area (Å²) in [7, 11) is 0. The van der Waals surface area contributed by atoms with Gasteiger partial charge in [0.1, 0.15) is 6.10 Å². The van der Waals surface area contributed by atoms with Crippen LogP contribution >= 0.6 is 11.6 Å². The van der Waals surface area contributed by atoms with E-state index in [1.165, 1.54) is 0 Å². The number of likely N-dealkylation sites (tertiary alicyclic amines) is 1. The van der Waals surface area contributed by atoms with E-state index in [2.05, 4.69) is 0 Å². The zero-order valence-corrected chi connectivity index (χ0v) is 15.5. The van der Waals surface area contributed by atoms with Gasteiger partial charge < -0.3 is 9.64 Å². The molecule has 5 heteroatoms. The first-order valence-corrected chi connectivity index (χ1v) is 9.22. The largest absolute Gasteiger partial charge is 0.458 e. The molecule has 1 aliphatic rings. The van der Waals surface area contributed by atoms with Gasteiger partial charge in [-0.3, -0.25) is 9.59 Å². The van der Waals surface area contributed by atoms with Crippen LogP contribution in [0.25, 0.3) is 0 Å². The van der Waals surface area contributed by atoms with E-state index in [0.717, 1.165) is 5.56 Å². The average molecular weight is 372 g/mol. The normalized spacial score (nSPS) is 16.2. The molecule has 4 nitrogen and oxygen atoms in total. The summed E-state index contributed by atoms with van der Waals surface area (Å²) in [5.41, 5.74) is 1.60. The van der Waals surface area contributed by atoms with Crippen molar-refractivity contribution in [2.24, 2.45) is 5.92 Å². The summed E-state index contributed by atoms with van der Waals surface area (Å²) in [6, 6.07) is 16.6. The minimum Gasteiger partial charge on any atom is -0.458 e. The zero-order chi connectivity index (χ0) is 18.5. The van der Waals surface area contributed by atoms with Gasteiger partial charge in [0.25, 0.3) is 5.91 Å². The molecule has 2 aromatic carbocycles. The molecule has 0 radical (unpaired) electrons. The third-order valence-electron chi connectivity index (χ3n) is 4.77. The SMILES string of the molecule is C[C@@H](OC(=O)C1CCN(C(=O)c2ccc(Cl)cc2)CC1)c1ccccc1. The lowest BCUT2D eigenvalue weighted by atomic mass is 9.96. The van der Waals surface area contributed by atoms with Crippen LogP contribution in [0.4, 0.5) is 0 Å². The van der Waals surface area contributed by atoms with Gasteiger partial charge in [-0.15, -0.1) is 0 Å². The van der Waals surface area contributed by atoms with Gasteiger partial charge in [0.2, 0.25) is 0 Å². The minimum atomic E-state index is -0.266. The topological polar surface area (TPSA) is 46.6 Å². The molecule has 0 unspecified atom stereocenters. The van der Waals surface area contributed by atoms with E-state index in [-0.39, 0.29) is 23.9 Å². The third-order valence-corrected chi connectivity index (χ3v) is 5.02. The molecule has 1 amide bonds. The van der Waals surface area contributed by atoms with Crippen LogP contribution in [-0.2, 0) is 9.53 Å². The number of nitrogens with zero attached hydrogens (tertiary/aromatic N) is 1. The maximum absolute atomic E-state index is 12.5. The number of halogens is 1. The highest BCUT2D eigenvalue weighted by molar-refractivity contribution is 6.30. The van der Waals surface area contributed by atoms with Gasteiger partial charge in [-0.1, -0.05) is 41.9 Å². The summed E-state index contributed by atoms with van der Waals surface area (Å²) >= 11 is 5.87. The molecule has 1 heterocycles. The molecule has 0 aliphatic carbocycles. The van der Waals surface area contributed by atoms with Gasteiger partial charge in [-0.2, -0.15) is 0 Å². The second-order valence-corrected chi connectivity index (χ2v) is 7.00. The number of rotatable bonds is 4. The monoisotopic (exact) mass is 371 g/mol. The number of esters is 1. The van der Waals surface area contributed by atoms with E-state index in [1.54, 1.807) is 29.2 Å². The smallest absolute Gasteiger partial charge is 0.309 e. The number of piperidine rings is 1. The molecule has 0 N–H and O–H groups in total. The molecule has 1 saturated heterocycles. The maximum atomic E-state index is 12.5. The highest BCUT2D eigenvalue weighted by atomic mass is 35.5. The molecule has 0 spiro atoms. The molecule has 1 fully saturated rings. The highest BCUT2D eigenvalue weighted by Gasteiger charge is 2.29. The standard InChI is InChI=1S/C21H22ClNO3/c1-15(16-5-3-2-4-6-16)26-21(25)18-11-13-23(14-12-18)20(24)17-7-9-19(22)10-8-17/h2-10,15,18H,11-14H2,1H3/t15-/m1/s1. The number of amides is 1. The zero-order valence-electron chi connectivity index (χ0n) is 14.7. The van der Waals surface area contributed by atoms with Crippen molar-refractivity contribution in [3.63, 3.8) is 0 Å². The average Bonchev–Trinajstić information content (AvgIpc) is 2.69. The van der Waals surface area contributed by atoms with E-state index in [0.29, 0.717) is 36.5 Å². The molecule has 1 atom stereocenters. The third kappa shape index (κ3) is 4.44. The first-order chi connectivity index (χ1) is 12.5. The van der Waals surface area contributed by atoms with E-state index in [4.69, 9.17) is 16.3 Å².